The van der Waals surface area contributed by atoms with E-state index in [1.54, 1.807) is 56.3 Å². The number of carbonyl (C=O) groups is 1. The fourth-order valence-corrected chi connectivity index (χ4v) is 6.16. The maximum atomic E-state index is 13.3. The van der Waals surface area contributed by atoms with E-state index in [2.05, 4.69) is 22.4 Å². The minimum atomic E-state index is -3.32. The van der Waals surface area contributed by atoms with Gasteiger partial charge in [0.2, 0.25) is 0 Å². The molecule has 4 rings (SSSR count). The minimum absolute atomic E-state index is 0.0736. The summed E-state index contributed by atoms with van der Waals surface area (Å²) in [5.74, 6) is 1.97. The van der Waals surface area contributed by atoms with E-state index in [1.165, 1.54) is 17.7 Å². The zero-order chi connectivity index (χ0) is 31.0. The highest BCUT2D eigenvalue weighted by Crippen LogP contribution is 2.35. The molecule has 0 saturated heterocycles. The third kappa shape index (κ3) is 8.76. The van der Waals surface area contributed by atoms with Gasteiger partial charge in [-0.15, -0.1) is 11.8 Å². The van der Waals surface area contributed by atoms with Crippen molar-refractivity contribution in [1.29, 1.82) is 0 Å². The predicted molar refractivity (Wildman–Crippen MR) is 170 cm³/mol. The quantitative estimate of drug-likeness (QED) is 0.150. The lowest BCUT2D eigenvalue weighted by Gasteiger charge is -2.24. The first kappa shape index (κ1) is 32.4. The van der Waals surface area contributed by atoms with Crippen LogP contribution in [0, 0.1) is 0 Å². The first-order chi connectivity index (χ1) is 20.6. The lowest BCUT2D eigenvalue weighted by Crippen LogP contribution is -2.39. The molecule has 1 aromatic heterocycles. The molecule has 0 aliphatic rings. The Bertz CT molecular complexity index is 1600. The monoisotopic (exact) mass is 626 g/mol. The van der Waals surface area contributed by atoms with E-state index in [1.807, 2.05) is 32.0 Å². The molecule has 4 aromatic rings. The molecule has 0 bridgehead atoms. The Morgan fingerprint density at radius 1 is 0.977 bits per heavy atom. The number of aromatic nitrogens is 1. The Morgan fingerprint density at radius 3 is 2.30 bits per heavy atom. The average molecular weight is 627 g/mol. The number of nitrogens with one attached hydrogen (secondary N) is 2. The SMILES string of the molecule is CCC(C)Oc1cc(Oc2ccc(S(C)(=O)=O)cc2)cc2cc(C(=O)NCC(SCc3ccccc3)C(OC)OC)[nH]c12. The van der Waals surface area contributed by atoms with Gasteiger partial charge in [-0.05, 0) is 55.3 Å². The number of thioether (sulfide) groups is 1. The number of benzene rings is 3. The molecule has 9 nitrogen and oxygen atoms in total. The largest absolute Gasteiger partial charge is 0.488 e. The van der Waals surface area contributed by atoms with Crippen LogP contribution in [0.4, 0.5) is 0 Å². The van der Waals surface area contributed by atoms with Crippen LogP contribution in [0.1, 0.15) is 36.3 Å². The second-order valence-electron chi connectivity index (χ2n) is 10.1. The van der Waals surface area contributed by atoms with Crippen molar-refractivity contribution in [1.82, 2.24) is 10.3 Å². The fraction of sp³-hybridized carbons (Fsp3) is 0.344. The Labute approximate surface area is 257 Å². The van der Waals surface area contributed by atoms with Gasteiger partial charge in [0.1, 0.15) is 22.9 Å². The molecule has 230 valence electrons. The molecule has 0 radical (unpaired) electrons. The van der Waals surface area contributed by atoms with Crippen LogP contribution in [-0.2, 0) is 25.1 Å². The minimum Gasteiger partial charge on any atom is -0.488 e. The summed E-state index contributed by atoms with van der Waals surface area (Å²) in [5.41, 5.74) is 2.22. The third-order valence-corrected chi connectivity index (χ3v) is 9.29. The number of H-pyrrole nitrogens is 1. The molecule has 1 amide bonds. The maximum Gasteiger partial charge on any atom is 0.267 e. The van der Waals surface area contributed by atoms with E-state index in [0.29, 0.717) is 35.0 Å². The van der Waals surface area contributed by atoms with Crippen LogP contribution in [-0.4, -0.2) is 64.0 Å². The van der Waals surface area contributed by atoms with Gasteiger partial charge < -0.3 is 29.2 Å². The van der Waals surface area contributed by atoms with Gasteiger partial charge in [0.05, 0.1) is 21.8 Å². The standard InChI is InChI=1S/C32H38N2O7S2/c1-6-21(2)40-28-18-25(41-24-12-14-26(15-13-24)43(5,36)37)16-23-17-27(34-30(23)28)31(35)33-19-29(32(38-3)39-4)42-20-22-10-8-7-9-11-22/h7-18,21,29,32,34H,6,19-20H2,1-5H3,(H,33,35). The van der Waals surface area contributed by atoms with Crippen molar-refractivity contribution in [2.75, 3.05) is 27.0 Å². The normalized spacial score (nSPS) is 13.2. The molecule has 43 heavy (non-hydrogen) atoms. The van der Waals surface area contributed by atoms with Crippen LogP contribution in [0.3, 0.4) is 0 Å². The molecule has 0 aliphatic heterocycles. The lowest BCUT2D eigenvalue weighted by atomic mass is 10.2. The highest BCUT2D eigenvalue weighted by Gasteiger charge is 2.24. The van der Waals surface area contributed by atoms with Gasteiger partial charge >= 0.3 is 0 Å². The number of hydrogen-bond donors (Lipinski definition) is 2. The van der Waals surface area contributed by atoms with Crippen LogP contribution in [0.15, 0.2) is 77.7 Å². The number of sulfone groups is 1. The molecule has 0 fully saturated rings. The number of rotatable bonds is 15. The molecule has 2 unspecified atom stereocenters. The number of ether oxygens (including phenoxy) is 4. The van der Waals surface area contributed by atoms with Gasteiger partial charge in [-0.3, -0.25) is 4.79 Å². The molecule has 3 aromatic carbocycles. The summed E-state index contributed by atoms with van der Waals surface area (Å²) in [4.78, 5) is 16.7. The Balaban J connectivity index is 1.54. The third-order valence-electron chi connectivity index (χ3n) is 6.84. The van der Waals surface area contributed by atoms with Crippen LogP contribution < -0.4 is 14.8 Å². The molecular formula is C32H38N2O7S2. The first-order valence-electron chi connectivity index (χ1n) is 13.9. The summed E-state index contributed by atoms with van der Waals surface area (Å²) >= 11 is 1.65. The van der Waals surface area contributed by atoms with E-state index in [-0.39, 0.29) is 22.2 Å². The van der Waals surface area contributed by atoms with Gasteiger partial charge in [0, 0.05) is 44.2 Å². The summed E-state index contributed by atoms with van der Waals surface area (Å²) in [5, 5.41) is 3.60. The van der Waals surface area contributed by atoms with Gasteiger partial charge in [-0.25, -0.2) is 8.42 Å². The van der Waals surface area contributed by atoms with Crippen molar-refractivity contribution in [3.63, 3.8) is 0 Å². The van der Waals surface area contributed by atoms with E-state index < -0.39 is 16.1 Å². The van der Waals surface area contributed by atoms with Crippen molar-refractivity contribution < 1.29 is 32.2 Å². The van der Waals surface area contributed by atoms with E-state index in [0.717, 1.165) is 23.8 Å². The first-order valence-corrected chi connectivity index (χ1v) is 16.9. The summed E-state index contributed by atoms with van der Waals surface area (Å²) in [6.45, 7) is 4.32. The molecule has 1 heterocycles. The molecule has 0 aliphatic carbocycles. The number of amides is 1. The second-order valence-corrected chi connectivity index (χ2v) is 13.4. The van der Waals surface area contributed by atoms with Crippen molar-refractivity contribution in [2.24, 2.45) is 0 Å². The summed E-state index contributed by atoms with van der Waals surface area (Å²) in [6.07, 6.45) is 1.37. The van der Waals surface area contributed by atoms with Gasteiger partial charge in [-0.2, -0.15) is 0 Å². The van der Waals surface area contributed by atoms with Crippen LogP contribution in [0.2, 0.25) is 0 Å². The Hall–Kier alpha value is -3.51. The van der Waals surface area contributed by atoms with Crippen molar-refractivity contribution in [3.05, 3.63) is 84.1 Å². The van der Waals surface area contributed by atoms with E-state index >= 15 is 0 Å². The van der Waals surface area contributed by atoms with Crippen LogP contribution in [0.5, 0.6) is 17.2 Å². The number of hydrogen-bond acceptors (Lipinski definition) is 8. The van der Waals surface area contributed by atoms with Gasteiger partial charge in [0.15, 0.2) is 16.1 Å². The fourth-order valence-electron chi connectivity index (χ4n) is 4.35. The van der Waals surface area contributed by atoms with Crippen molar-refractivity contribution in [3.8, 4) is 17.2 Å². The summed E-state index contributed by atoms with van der Waals surface area (Å²) < 4.78 is 46.9. The predicted octanol–water partition coefficient (Wildman–Crippen LogP) is 6.19. The highest BCUT2D eigenvalue weighted by molar-refractivity contribution is 7.99. The van der Waals surface area contributed by atoms with E-state index in [9.17, 15) is 13.2 Å². The topological polar surface area (TPSA) is 116 Å². The molecule has 2 N–H and O–H groups in total. The number of fused-ring (bicyclic) bond motifs is 1. The molecule has 11 heteroatoms. The molecule has 2 atom stereocenters. The number of aromatic amines is 1. The van der Waals surface area contributed by atoms with E-state index in [4.69, 9.17) is 18.9 Å². The van der Waals surface area contributed by atoms with Crippen LogP contribution >= 0.6 is 11.8 Å². The number of methoxy groups -OCH3 is 2. The maximum absolute atomic E-state index is 13.3. The highest BCUT2D eigenvalue weighted by atomic mass is 32.2. The van der Waals surface area contributed by atoms with Gasteiger partial charge in [0.25, 0.3) is 5.91 Å². The van der Waals surface area contributed by atoms with Crippen LogP contribution in [0.25, 0.3) is 10.9 Å². The number of carbonyl (C=O) groups excluding carboxylic acids is 1. The smallest absolute Gasteiger partial charge is 0.267 e. The lowest BCUT2D eigenvalue weighted by molar-refractivity contribution is -0.101. The molecule has 0 spiro atoms. The average Bonchev–Trinajstić information content (AvgIpc) is 3.43. The second kappa shape index (κ2) is 14.8. The summed E-state index contributed by atoms with van der Waals surface area (Å²) in [6, 6.07) is 21.6. The van der Waals surface area contributed by atoms with Crippen molar-refractivity contribution in [2.45, 2.75) is 48.6 Å². The zero-order valence-electron chi connectivity index (χ0n) is 25.0. The Morgan fingerprint density at radius 2 is 1.67 bits per heavy atom. The zero-order valence-corrected chi connectivity index (χ0v) is 26.6. The summed E-state index contributed by atoms with van der Waals surface area (Å²) in [7, 11) is -0.146. The molecule has 0 saturated carbocycles. The van der Waals surface area contributed by atoms with Crippen molar-refractivity contribution >= 4 is 38.4 Å². The van der Waals surface area contributed by atoms with Gasteiger partial charge in [-0.1, -0.05) is 37.3 Å². The Kier molecular flexibility index (Phi) is 11.1. The molecular weight excluding hydrogens is 588 g/mol.